The van der Waals surface area contributed by atoms with E-state index < -0.39 is 23.7 Å². The van der Waals surface area contributed by atoms with E-state index in [4.69, 9.17) is 9.84 Å². The van der Waals surface area contributed by atoms with E-state index >= 15 is 0 Å². The largest absolute Gasteiger partial charge is 0.486 e. The van der Waals surface area contributed by atoms with Gasteiger partial charge in [-0.3, -0.25) is 4.98 Å². The molecular formula is C16H11F2NO3. The Balaban J connectivity index is 2.25. The highest BCUT2D eigenvalue weighted by atomic mass is 19.1. The van der Waals surface area contributed by atoms with Crippen LogP contribution in [0.15, 0.2) is 36.7 Å². The highest BCUT2D eigenvalue weighted by Gasteiger charge is 2.25. The minimum atomic E-state index is -1.13. The van der Waals surface area contributed by atoms with E-state index in [0.29, 0.717) is 11.3 Å². The summed E-state index contributed by atoms with van der Waals surface area (Å²) in [6, 6.07) is 4.21. The van der Waals surface area contributed by atoms with Gasteiger partial charge < -0.3 is 9.84 Å². The Morgan fingerprint density at radius 3 is 2.59 bits per heavy atom. The van der Waals surface area contributed by atoms with E-state index in [2.05, 4.69) is 4.98 Å². The van der Waals surface area contributed by atoms with Crippen LogP contribution in [0.5, 0.6) is 5.75 Å². The Labute approximate surface area is 124 Å². The van der Waals surface area contributed by atoms with Gasteiger partial charge in [-0.25, -0.2) is 13.6 Å². The summed E-state index contributed by atoms with van der Waals surface area (Å²) in [4.78, 5) is 14.6. The van der Waals surface area contributed by atoms with Gasteiger partial charge in [-0.2, -0.15) is 0 Å². The number of benzene rings is 1. The molecule has 0 aliphatic carbocycles. The van der Waals surface area contributed by atoms with E-state index in [1.165, 1.54) is 18.2 Å². The topological polar surface area (TPSA) is 59.4 Å². The zero-order chi connectivity index (χ0) is 15.9. The Morgan fingerprint density at radius 1 is 1.27 bits per heavy atom. The van der Waals surface area contributed by atoms with Crippen LogP contribution in [0.25, 0.3) is 5.57 Å². The first-order valence-electron chi connectivity index (χ1n) is 6.53. The van der Waals surface area contributed by atoms with Gasteiger partial charge >= 0.3 is 5.97 Å². The lowest BCUT2D eigenvalue weighted by atomic mass is 9.92. The zero-order valence-corrected chi connectivity index (χ0v) is 11.5. The van der Waals surface area contributed by atoms with Gasteiger partial charge in [-0.15, -0.1) is 0 Å². The van der Waals surface area contributed by atoms with Gasteiger partial charge in [-0.1, -0.05) is 0 Å². The van der Waals surface area contributed by atoms with Crippen molar-refractivity contribution in [1.82, 2.24) is 4.98 Å². The summed E-state index contributed by atoms with van der Waals surface area (Å²) < 4.78 is 33.6. The summed E-state index contributed by atoms with van der Waals surface area (Å²) >= 11 is 0. The standard InChI is InChI=1S/C16H11F2NO3/c1-8-4-11(15-12(17)6-19-7-13(15)18)10-5-9(16(20)21)2-3-14(10)22-8/h2-8H,1H3,(H,20,21). The highest BCUT2D eigenvalue weighted by Crippen LogP contribution is 2.38. The zero-order valence-electron chi connectivity index (χ0n) is 11.5. The van der Waals surface area contributed by atoms with Crippen molar-refractivity contribution in [2.24, 2.45) is 0 Å². The monoisotopic (exact) mass is 303 g/mol. The van der Waals surface area contributed by atoms with Gasteiger partial charge in [0, 0.05) is 5.56 Å². The fourth-order valence-corrected chi connectivity index (χ4v) is 2.42. The summed E-state index contributed by atoms with van der Waals surface area (Å²) in [5.41, 5.74) is 0.364. The number of ether oxygens (including phenoxy) is 1. The van der Waals surface area contributed by atoms with Crippen molar-refractivity contribution in [2.45, 2.75) is 13.0 Å². The quantitative estimate of drug-likeness (QED) is 0.925. The average molecular weight is 303 g/mol. The average Bonchev–Trinajstić information content (AvgIpc) is 2.46. The van der Waals surface area contributed by atoms with Gasteiger partial charge in [-0.05, 0) is 36.8 Å². The summed E-state index contributed by atoms with van der Waals surface area (Å²) in [5, 5.41) is 9.09. The van der Waals surface area contributed by atoms with Crippen LogP contribution in [0.4, 0.5) is 8.78 Å². The molecule has 1 aromatic carbocycles. The highest BCUT2D eigenvalue weighted by molar-refractivity contribution is 5.92. The molecule has 1 aromatic heterocycles. The Morgan fingerprint density at radius 2 is 1.95 bits per heavy atom. The van der Waals surface area contributed by atoms with Crippen molar-refractivity contribution < 1.29 is 23.4 Å². The maximum absolute atomic E-state index is 14.0. The van der Waals surface area contributed by atoms with Crippen molar-refractivity contribution in [2.75, 3.05) is 0 Å². The Kier molecular flexibility index (Phi) is 3.36. The van der Waals surface area contributed by atoms with Crippen molar-refractivity contribution >= 4 is 11.5 Å². The molecule has 0 spiro atoms. The van der Waals surface area contributed by atoms with Crippen LogP contribution in [0.1, 0.15) is 28.4 Å². The summed E-state index contributed by atoms with van der Waals surface area (Å²) in [7, 11) is 0. The summed E-state index contributed by atoms with van der Waals surface area (Å²) in [5.74, 6) is -2.37. The number of rotatable bonds is 2. The van der Waals surface area contributed by atoms with E-state index in [-0.39, 0.29) is 16.7 Å². The number of aromatic nitrogens is 1. The number of carboxylic acids is 1. The minimum Gasteiger partial charge on any atom is -0.486 e. The molecule has 3 rings (SSSR count). The first-order chi connectivity index (χ1) is 10.5. The van der Waals surface area contributed by atoms with Crippen molar-refractivity contribution in [1.29, 1.82) is 0 Å². The third-order valence-electron chi connectivity index (χ3n) is 3.35. The van der Waals surface area contributed by atoms with E-state index in [9.17, 15) is 13.6 Å². The molecule has 1 N–H and O–H groups in total. The lowest BCUT2D eigenvalue weighted by Crippen LogP contribution is -2.17. The second-order valence-electron chi connectivity index (χ2n) is 4.90. The second-order valence-corrected chi connectivity index (χ2v) is 4.90. The third kappa shape index (κ3) is 2.32. The fraction of sp³-hybridized carbons (Fsp3) is 0.125. The molecule has 112 valence electrons. The lowest BCUT2D eigenvalue weighted by Gasteiger charge is -2.24. The van der Waals surface area contributed by atoms with E-state index in [1.807, 2.05) is 0 Å². The van der Waals surface area contributed by atoms with Crippen LogP contribution >= 0.6 is 0 Å². The number of hydrogen-bond acceptors (Lipinski definition) is 3. The molecule has 6 heteroatoms. The van der Waals surface area contributed by atoms with Gasteiger partial charge in [0.1, 0.15) is 11.9 Å². The van der Waals surface area contributed by atoms with Crippen molar-refractivity contribution in [3.63, 3.8) is 0 Å². The van der Waals surface area contributed by atoms with Crippen LogP contribution < -0.4 is 4.74 Å². The Hall–Kier alpha value is -2.76. The molecule has 2 aromatic rings. The molecule has 0 radical (unpaired) electrons. The number of fused-ring (bicyclic) bond motifs is 1. The maximum Gasteiger partial charge on any atom is 0.335 e. The molecule has 1 aliphatic rings. The lowest BCUT2D eigenvalue weighted by molar-refractivity contribution is 0.0697. The molecule has 0 saturated carbocycles. The maximum atomic E-state index is 14.0. The molecule has 22 heavy (non-hydrogen) atoms. The van der Waals surface area contributed by atoms with Crippen LogP contribution in [-0.2, 0) is 0 Å². The predicted octanol–water partition coefficient (Wildman–Crippen LogP) is 3.27. The molecule has 0 amide bonds. The number of pyridine rings is 1. The second kappa shape index (κ2) is 5.22. The van der Waals surface area contributed by atoms with Gasteiger partial charge in [0.15, 0.2) is 11.6 Å². The van der Waals surface area contributed by atoms with E-state index in [0.717, 1.165) is 12.4 Å². The molecule has 0 bridgehead atoms. The van der Waals surface area contributed by atoms with Crippen LogP contribution in [-0.4, -0.2) is 22.2 Å². The molecule has 4 nitrogen and oxygen atoms in total. The molecular weight excluding hydrogens is 292 g/mol. The Bertz CT molecular complexity index is 782. The van der Waals surface area contributed by atoms with Gasteiger partial charge in [0.05, 0.1) is 23.5 Å². The number of carboxylic acid groups (broad SMARTS) is 1. The minimum absolute atomic E-state index is 0.0117. The van der Waals surface area contributed by atoms with Gasteiger partial charge in [0.2, 0.25) is 0 Å². The van der Waals surface area contributed by atoms with Crippen LogP contribution in [0.2, 0.25) is 0 Å². The van der Waals surface area contributed by atoms with Gasteiger partial charge in [0.25, 0.3) is 0 Å². The number of hydrogen-bond donors (Lipinski definition) is 1. The number of carbonyl (C=O) groups is 1. The van der Waals surface area contributed by atoms with Crippen molar-refractivity contribution in [3.8, 4) is 5.75 Å². The molecule has 1 unspecified atom stereocenters. The molecule has 2 heterocycles. The molecule has 0 fully saturated rings. The number of aromatic carboxylic acids is 1. The number of nitrogens with zero attached hydrogens (tertiary/aromatic N) is 1. The van der Waals surface area contributed by atoms with E-state index in [1.54, 1.807) is 13.0 Å². The molecule has 0 saturated heterocycles. The summed E-state index contributed by atoms with van der Waals surface area (Å²) in [6.45, 7) is 1.73. The summed E-state index contributed by atoms with van der Waals surface area (Å²) in [6.07, 6.45) is 2.99. The first kappa shape index (κ1) is 14.2. The predicted molar refractivity (Wildman–Crippen MR) is 74.7 cm³/mol. The third-order valence-corrected chi connectivity index (χ3v) is 3.35. The fourth-order valence-electron chi connectivity index (χ4n) is 2.42. The number of halogens is 2. The normalized spacial score (nSPS) is 16.5. The first-order valence-corrected chi connectivity index (χ1v) is 6.53. The molecule has 1 atom stereocenters. The smallest absolute Gasteiger partial charge is 0.335 e. The van der Waals surface area contributed by atoms with Crippen LogP contribution in [0, 0.1) is 11.6 Å². The van der Waals surface area contributed by atoms with Crippen LogP contribution in [0.3, 0.4) is 0 Å². The SMILES string of the molecule is CC1C=C(c2c(F)cncc2F)c2cc(C(=O)O)ccc2O1. The molecule has 1 aliphatic heterocycles. The van der Waals surface area contributed by atoms with Crippen molar-refractivity contribution in [3.05, 3.63) is 65.0 Å².